The first-order valence-corrected chi connectivity index (χ1v) is 6.24. The van der Waals surface area contributed by atoms with Crippen molar-refractivity contribution in [1.29, 1.82) is 0 Å². The van der Waals surface area contributed by atoms with Crippen molar-refractivity contribution in [3.8, 4) is 0 Å². The quantitative estimate of drug-likeness (QED) is 0.772. The van der Waals surface area contributed by atoms with Gasteiger partial charge >= 0.3 is 5.97 Å². The summed E-state index contributed by atoms with van der Waals surface area (Å²) < 4.78 is 5.31. The van der Waals surface area contributed by atoms with Gasteiger partial charge in [-0.15, -0.1) is 0 Å². The highest BCUT2D eigenvalue weighted by Crippen LogP contribution is 2.40. The van der Waals surface area contributed by atoms with Crippen molar-refractivity contribution in [2.75, 3.05) is 0 Å². The monoisotopic (exact) mass is 267 g/mol. The number of hydrogen-bond donors (Lipinski definition) is 0. The zero-order valence-corrected chi connectivity index (χ0v) is 10.5. The van der Waals surface area contributed by atoms with Gasteiger partial charge in [-0.1, -0.05) is 48.5 Å². The molecule has 0 aromatic heterocycles. The van der Waals surface area contributed by atoms with Crippen LogP contribution in [-0.2, 0) is 9.53 Å². The molecule has 100 valence electrons. The van der Waals surface area contributed by atoms with Gasteiger partial charge < -0.3 is 14.6 Å². The summed E-state index contributed by atoms with van der Waals surface area (Å²) in [6.45, 7) is 0. The van der Waals surface area contributed by atoms with Crippen molar-refractivity contribution in [3.05, 3.63) is 71.3 Å². The molecule has 0 saturated heterocycles. The van der Waals surface area contributed by atoms with Crippen LogP contribution < -0.4 is 5.11 Å². The fourth-order valence-corrected chi connectivity index (χ4v) is 2.52. The summed E-state index contributed by atoms with van der Waals surface area (Å²) in [6, 6.07) is 15.4. The van der Waals surface area contributed by atoms with Gasteiger partial charge in [0.05, 0.1) is 17.5 Å². The Balaban J connectivity index is 2.14. The van der Waals surface area contributed by atoms with Crippen LogP contribution in [0, 0.1) is 0 Å². The van der Waals surface area contributed by atoms with Crippen LogP contribution in [0.5, 0.6) is 0 Å². The highest BCUT2D eigenvalue weighted by molar-refractivity contribution is 5.95. The molecule has 1 aliphatic heterocycles. The van der Waals surface area contributed by atoms with E-state index in [4.69, 9.17) is 4.74 Å². The van der Waals surface area contributed by atoms with E-state index in [2.05, 4.69) is 0 Å². The molecule has 0 amide bonds. The van der Waals surface area contributed by atoms with Crippen LogP contribution in [-0.4, -0.2) is 11.9 Å². The summed E-state index contributed by atoms with van der Waals surface area (Å²) >= 11 is 0. The van der Waals surface area contributed by atoms with Gasteiger partial charge in [0, 0.05) is 0 Å². The summed E-state index contributed by atoms with van der Waals surface area (Å²) in [5.41, 5.74) is 1.37. The third-order valence-electron chi connectivity index (χ3n) is 3.43. The van der Waals surface area contributed by atoms with Crippen LogP contribution in [0.25, 0.3) is 0 Å². The van der Waals surface area contributed by atoms with E-state index >= 15 is 0 Å². The van der Waals surface area contributed by atoms with Crippen LogP contribution in [0.1, 0.15) is 33.5 Å². The number of fused-ring (bicyclic) bond motifs is 1. The van der Waals surface area contributed by atoms with E-state index in [1.807, 2.05) is 6.07 Å². The lowest BCUT2D eigenvalue weighted by molar-refractivity contribution is -0.310. The van der Waals surface area contributed by atoms with E-state index in [1.165, 1.54) is 0 Å². The molecule has 2 aromatic rings. The van der Waals surface area contributed by atoms with E-state index in [-0.39, 0.29) is 5.56 Å². The van der Waals surface area contributed by atoms with Gasteiger partial charge in [-0.2, -0.15) is 0 Å². The first kappa shape index (κ1) is 12.4. The molecule has 0 radical (unpaired) electrons. The third-order valence-corrected chi connectivity index (χ3v) is 3.43. The molecule has 3 rings (SSSR count). The number of carbonyl (C=O) groups is 2. The average molecular weight is 267 g/mol. The lowest BCUT2D eigenvalue weighted by Gasteiger charge is -2.33. The minimum atomic E-state index is -1.25. The van der Waals surface area contributed by atoms with Gasteiger partial charge in [-0.3, -0.25) is 0 Å². The maximum Gasteiger partial charge on any atom is 0.339 e. The summed E-state index contributed by atoms with van der Waals surface area (Å²) in [5, 5.41) is 11.5. The Kier molecular flexibility index (Phi) is 2.99. The number of rotatable bonds is 2. The fraction of sp³-hybridized carbons (Fsp3) is 0.125. The van der Waals surface area contributed by atoms with Crippen molar-refractivity contribution in [2.45, 2.75) is 12.0 Å². The SMILES string of the molecule is O=C1O[C@H](c2ccccc2)[C@@H](C(=O)[O-])c2ccccc21. The molecule has 4 heteroatoms. The second-order valence-corrected chi connectivity index (χ2v) is 4.62. The zero-order chi connectivity index (χ0) is 14.1. The minimum absolute atomic E-state index is 0.286. The number of carboxylic acids is 1. The molecule has 0 aliphatic carbocycles. The van der Waals surface area contributed by atoms with Gasteiger partial charge in [0.25, 0.3) is 0 Å². The fourth-order valence-electron chi connectivity index (χ4n) is 2.52. The van der Waals surface area contributed by atoms with Gasteiger partial charge in [0.15, 0.2) is 0 Å². The maximum absolute atomic E-state index is 12.0. The topological polar surface area (TPSA) is 66.4 Å². The van der Waals surface area contributed by atoms with E-state index < -0.39 is 24.0 Å². The van der Waals surface area contributed by atoms with Crippen LogP contribution in [0.3, 0.4) is 0 Å². The Morgan fingerprint density at radius 2 is 1.65 bits per heavy atom. The standard InChI is InChI=1S/C16H12O4/c17-15(18)13-11-8-4-5-9-12(11)16(19)20-14(13)10-6-2-1-3-7-10/h1-9,13-14H,(H,17,18)/p-1/t13-,14+/m0/s1. The van der Waals surface area contributed by atoms with Crippen LogP contribution >= 0.6 is 0 Å². The predicted octanol–water partition coefficient (Wildman–Crippen LogP) is 1.43. The largest absolute Gasteiger partial charge is 0.549 e. The zero-order valence-electron chi connectivity index (χ0n) is 10.5. The van der Waals surface area contributed by atoms with E-state index in [0.29, 0.717) is 11.1 Å². The number of benzene rings is 2. The Bertz CT molecular complexity index is 663. The van der Waals surface area contributed by atoms with Crippen LogP contribution in [0.4, 0.5) is 0 Å². The van der Waals surface area contributed by atoms with E-state index in [1.54, 1.807) is 48.5 Å². The maximum atomic E-state index is 12.0. The van der Waals surface area contributed by atoms with Crippen molar-refractivity contribution in [3.63, 3.8) is 0 Å². The predicted molar refractivity (Wildman–Crippen MR) is 68.8 cm³/mol. The Hall–Kier alpha value is -2.62. The van der Waals surface area contributed by atoms with E-state index in [0.717, 1.165) is 0 Å². The minimum Gasteiger partial charge on any atom is -0.549 e. The number of ether oxygens (including phenoxy) is 1. The number of aliphatic carboxylic acids is 1. The molecule has 0 bridgehead atoms. The molecule has 0 N–H and O–H groups in total. The molecule has 1 aliphatic rings. The van der Waals surface area contributed by atoms with Gasteiger partial charge in [-0.25, -0.2) is 4.79 Å². The van der Waals surface area contributed by atoms with Crippen LogP contribution in [0.2, 0.25) is 0 Å². The normalized spacial score (nSPS) is 20.9. The highest BCUT2D eigenvalue weighted by Gasteiger charge is 2.37. The van der Waals surface area contributed by atoms with E-state index in [9.17, 15) is 14.7 Å². The molecule has 2 aromatic carbocycles. The molecule has 20 heavy (non-hydrogen) atoms. The number of carboxylic acid groups (broad SMARTS) is 1. The number of hydrogen-bond acceptors (Lipinski definition) is 4. The smallest absolute Gasteiger partial charge is 0.339 e. The first-order valence-electron chi connectivity index (χ1n) is 6.24. The molecule has 0 fully saturated rings. The van der Waals surface area contributed by atoms with Crippen molar-refractivity contribution in [1.82, 2.24) is 0 Å². The second-order valence-electron chi connectivity index (χ2n) is 4.62. The van der Waals surface area contributed by atoms with Gasteiger partial charge in [-0.05, 0) is 17.2 Å². The second kappa shape index (κ2) is 4.81. The molecule has 0 saturated carbocycles. The summed E-state index contributed by atoms with van der Waals surface area (Å²) in [5.74, 6) is -2.75. The molecular weight excluding hydrogens is 256 g/mol. The molecule has 0 unspecified atom stereocenters. The lowest BCUT2D eigenvalue weighted by atomic mass is 9.84. The average Bonchev–Trinajstić information content (AvgIpc) is 2.47. The summed E-state index contributed by atoms with van der Waals surface area (Å²) in [6.07, 6.45) is -0.858. The third kappa shape index (κ3) is 1.95. The molecule has 0 spiro atoms. The molecule has 1 heterocycles. The summed E-state index contributed by atoms with van der Waals surface area (Å²) in [4.78, 5) is 23.5. The number of cyclic esters (lactones) is 1. The highest BCUT2D eigenvalue weighted by atomic mass is 16.5. The Morgan fingerprint density at radius 1 is 1.00 bits per heavy atom. The van der Waals surface area contributed by atoms with Crippen molar-refractivity contribution < 1.29 is 19.4 Å². The molecular formula is C16H11O4-. The molecule has 2 atom stereocenters. The number of esters is 1. The molecule has 4 nitrogen and oxygen atoms in total. The van der Waals surface area contributed by atoms with Crippen molar-refractivity contribution >= 4 is 11.9 Å². The Labute approximate surface area is 115 Å². The summed E-state index contributed by atoms with van der Waals surface area (Å²) in [7, 11) is 0. The van der Waals surface area contributed by atoms with Gasteiger partial charge in [0.1, 0.15) is 6.10 Å². The number of carbonyl (C=O) groups excluding carboxylic acids is 2. The van der Waals surface area contributed by atoms with Crippen molar-refractivity contribution in [2.24, 2.45) is 0 Å². The van der Waals surface area contributed by atoms with Crippen LogP contribution in [0.15, 0.2) is 54.6 Å². The van der Waals surface area contributed by atoms with Gasteiger partial charge in [0.2, 0.25) is 0 Å². The first-order chi connectivity index (χ1) is 9.68. The lowest BCUT2D eigenvalue weighted by Crippen LogP contribution is -2.38. The Morgan fingerprint density at radius 3 is 2.35 bits per heavy atom.